The molecule has 0 atom stereocenters. The molecule has 0 bridgehead atoms. The van der Waals surface area contributed by atoms with Gasteiger partial charge >= 0.3 is 5.97 Å². The summed E-state index contributed by atoms with van der Waals surface area (Å²) in [4.78, 5) is 12.5. The highest BCUT2D eigenvalue weighted by Crippen LogP contribution is 2.37. The first kappa shape index (κ1) is 22.6. The molecule has 1 saturated carbocycles. The van der Waals surface area contributed by atoms with Gasteiger partial charge in [-0.1, -0.05) is 70.2 Å². The fourth-order valence-electron chi connectivity index (χ4n) is 4.62. The van der Waals surface area contributed by atoms with Crippen molar-refractivity contribution >= 4 is 5.97 Å². The van der Waals surface area contributed by atoms with Gasteiger partial charge in [0, 0.05) is 0 Å². The molecule has 2 aromatic rings. The topological polar surface area (TPSA) is 26.3 Å². The summed E-state index contributed by atoms with van der Waals surface area (Å²) in [5.41, 5.74) is 3.30. The third-order valence-corrected chi connectivity index (χ3v) is 6.74. The average Bonchev–Trinajstić information content (AvgIpc) is 2.80. The van der Waals surface area contributed by atoms with Crippen LogP contribution in [-0.2, 0) is 6.42 Å². The van der Waals surface area contributed by atoms with E-state index in [0.717, 1.165) is 12.3 Å². The molecule has 0 N–H and O–H groups in total. The highest BCUT2D eigenvalue weighted by molar-refractivity contribution is 5.91. The normalized spacial score (nSPS) is 18.9. The Bertz CT molecular complexity index is 752. The van der Waals surface area contributed by atoms with Crippen molar-refractivity contribution < 1.29 is 9.53 Å². The van der Waals surface area contributed by atoms with Gasteiger partial charge in [-0.05, 0) is 85.8 Å². The van der Waals surface area contributed by atoms with Crippen LogP contribution in [0.4, 0.5) is 0 Å². The number of rotatable bonds is 10. The van der Waals surface area contributed by atoms with E-state index in [2.05, 4.69) is 38.1 Å². The molecule has 162 valence electrons. The summed E-state index contributed by atoms with van der Waals surface area (Å²) in [6.07, 6.45) is 14.1. The second-order valence-electron chi connectivity index (χ2n) is 8.95. The van der Waals surface area contributed by atoms with Crippen LogP contribution in [0.2, 0.25) is 0 Å². The van der Waals surface area contributed by atoms with E-state index >= 15 is 0 Å². The van der Waals surface area contributed by atoms with E-state index in [4.69, 9.17) is 4.74 Å². The van der Waals surface area contributed by atoms with E-state index in [1.165, 1.54) is 75.3 Å². The summed E-state index contributed by atoms with van der Waals surface area (Å²) >= 11 is 0. The van der Waals surface area contributed by atoms with Gasteiger partial charge in [0.2, 0.25) is 0 Å². The standard InChI is InChI=1S/C28H38O2/c1-3-5-6-7-8-9-23-12-16-26(17-13-23)28(29)30-27-20-18-25(19-21-27)24-14-10-22(4-2)11-15-24/h12-13,16-22,24H,3-11,14-15H2,1-2H3. The van der Waals surface area contributed by atoms with Crippen molar-refractivity contribution in [1.29, 1.82) is 0 Å². The minimum absolute atomic E-state index is 0.277. The fourth-order valence-corrected chi connectivity index (χ4v) is 4.62. The molecular formula is C28H38O2. The summed E-state index contributed by atoms with van der Waals surface area (Å²) in [6, 6.07) is 16.1. The summed E-state index contributed by atoms with van der Waals surface area (Å²) < 4.78 is 5.60. The highest BCUT2D eigenvalue weighted by Gasteiger charge is 2.21. The molecule has 0 saturated heterocycles. The Kier molecular flexibility index (Phi) is 8.99. The quantitative estimate of drug-likeness (QED) is 0.226. The Morgan fingerprint density at radius 3 is 2.13 bits per heavy atom. The first-order valence-electron chi connectivity index (χ1n) is 12.1. The largest absolute Gasteiger partial charge is 0.423 e. The minimum atomic E-state index is -0.277. The summed E-state index contributed by atoms with van der Waals surface area (Å²) in [5, 5.41) is 0. The molecule has 30 heavy (non-hydrogen) atoms. The Labute approximate surface area is 183 Å². The Morgan fingerprint density at radius 2 is 1.50 bits per heavy atom. The van der Waals surface area contributed by atoms with E-state index in [1.54, 1.807) is 0 Å². The Hall–Kier alpha value is -2.09. The molecule has 1 aliphatic rings. The molecule has 2 heteroatoms. The number of hydrogen-bond acceptors (Lipinski definition) is 2. The van der Waals surface area contributed by atoms with Gasteiger partial charge < -0.3 is 4.74 Å². The number of benzene rings is 2. The lowest BCUT2D eigenvalue weighted by atomic mass is 9.78. The number of aryl methyl sites for hydroxylation is 1. The predicted octanol–water partition coefficient (Wildman–Crippen LogP) is 8.10. The zero-order chi connectivity index (χ0) is 21.2. The minimum Gasteiger partial charge on any atom is -0.423 e. The zero-order valence-electron chi connectivity index (χ0n) is 18.9. The van der Waals surface area contributed by atoms with Gasteiger partial charge in [-0.3, -0.25) is 0 Å². The van der Waals surface area contributed by atoms with Crippen molar-refractivity contribution in [2.45, 2.75) is 90.4 Å². The molecule has 0 aromatic heterocycles. The zero-order valence-corrected chi connectivity index (χ0v) is 18.9. The first-order chi connectivity index (χ1) is 14.7. The molecule has 1 fully saturated rings. The van der Waals surface area contributed by atoms with Gasteiger partial charge in [0.1, 0.15) is 5.75 Å². The van der Waals surface area contributed by atoms with Gasteiger partial charge in [0.15, 0.2) is 0 Å². The van der Waals surface area contributed by atoms with Gasteiger partial charge in [0.05, 0.1) is 5.56 Å². The maximum absolute atomic E-state index is 12.5. The Morgan fingerprint density at radius 1 is 0.833 bits per heavy atom. The molecule has 0 aliphatic heterocycles. The van der Waals surface area contributed by atoms with Crippen LogP contribution in [0.5, 0.6) is 5.75 Å². The van der Waals surface area contributed by atoms with Crippen LogP contribution in [-0.4, -0.2) is 5.97 Å². The molecule has 0 amide bonds. The van der Waals surface area contributed by atoms with Gasteiger partial charge in [-0.25, -0.2) is 4.79 Å². The van der Waals surface area contributed by atoms with Crippen molar-refractivity contribution in [2.24, 2.45) is 5.92 Å². The van der Waals surface area contributed by atoms with Crippen molar-refractivity contribution in [1.82, 2.24) is 0 Å². The van der Waals surface area contributed by atoms with Crippen LogP contribution < -0.4 is 4.74 Å². The maximum atomic E-state index is 12.5. The molecule has 3 rings (SSSR count). The van der Waals surface area contributed by atoms with Gasteiger partial charge in [-0.15, -0.1) is 0 Å². The lowest BCUT2D eigenvalue weighted by molar-refractivity contribution is 0.0734. The van der Waals surface area contributed by atoms with Crippen LogP contribution in [0.25, 0.3) is 0 Å². The van der Waals surface area contributed by atoms with E-state index in [-0.39, 0.29) is 5.97 Å². The number of esters is 1. The molecular weight excluding hydrogens is 368 g/mol. The molecule has 0 heterocycles. The van der Waals surface area contributed by atoms with E-state index in [0.29, 0.717) is 17.2 Å². The molecule has 1 aliphatic carbocycles. The second kappa shape index (κ2) is 11.9. The molecule has 0 spiro atoms. The smallest absolute Gasteiger partial charge is 0.343 e. The molecule has 0 unspecified atom stereocenters. The van der Waals surface area contributed by atoms with Crippen LogP contribution in [0, 0.1) is 5.92 Å². The second-order valence-corrected chi connectivity index (χ2v) is 8.95. The van der Waals surface area contributed by atoms with E-state index in [1.807, 2.05) is 24.3 Å². The number of unbranched alkanes of at least 4 members (excludes halogenated alkanes) is 4. The van der Waals surface area contributed by atoms with Crippen molar-refractivity contribution in [2.75, 3.05) is 0 Å². The third-order valence-electron chi connectivity index (χ3n) is 6.74. The molecule has 2 nitrogen and oxygen atoms in total. The van der Waals surface area contributed by atoms with Crippen molar-refractivity contribution in [3.8, 4) is 5.75 Å². The van der Waals surface area contributed by atoms with E-state index < -0.39 is 0 Å². The number of ether oxygens (including phenoxy) is 1. The Balaban J connectivity index is 1.47. The summed E-state index contributed by atoms with van der Waals surface area (Å²) in [7, 11) is 0. The molecule has 0 radical (unpaired) electrons. The van der Waals surface area contributed by atoms with Gasteiger partial charge in [-0.2, -0.15) is 0 Å². The number of carbonyl (C=O) groups excluding carboxylic acids is 1. The maximum Gasteiger partial charge on any atom is 0.343 e. The van der Waals surface area contributed by atoms with Gasteiger partial charge in [0.25, 0.3) is 0 Å². The van der Waals surface area contributed by atoms with Crippen LogP contribution in [0.15, 0.2) is 48.5 Å². The average molecular weight is 407 g/mol. The highest BCUT2D eigenvalue weighted by atomic mass is 16.5. The monoisotopic (exact) mass is 406 g/mol. The summed E-state index contributed by atoms with van der Waals surface area (Å²) in [6.45, 7) is 4.54. The number of carbonyl (C=O) groups is 1. The SMILES string of the molecule is CCCCCCCc1ccc(C(=O)Oc2ccc(C3CCC(CC)CC3)cc2)cc1. The predicted molar refractivity (Wildman–Crippen MR) is 125 cm³/mol. The fraction of sp³-hybridized carbons (Fsp3) is 0.536. The van der Waals surface area contributed by atoms with E-state index in [9.17, 15) is 4.79 Å². The first-order valence-corrected chi connectivity index (χ1v) is 12.1. The van der Waals surface area contributed by atoms with Crippen molar-refractivity contribution in [3.05, 3.63) is 65.2 Å². The van der Waals surface area contributed by atoms with Crippen LogP contribution in [0.3, 0.4) is 0 Å². The lowest BCUT2D eigenvalue weighted by Gasteiger charge is -2.28. The van der Waals surface area contributed by atoms with Crippen molar-refractivity contribution in [3.63, 3.8) is 0 Å². The summed E-state index contributed by atoms with van der Waals surface area (Å²) in [5.74, 6) is 1.92. The molecule has 2 aromatic carbocycles. The number of hydrogen-bond donors (Lipinski definition) is 0. The van der Waals surface area contributed by atoms with Crippen LogP contribution in [0.1, 0.15) is 105 Å². The van der Waals surface area contributed by atoms with Crippen LogP contribution >= 0.6 is 0 Å². The third kappa shape index (κ3) is 6.72. The lowest BCUT2D eigenvalue weighted by Crippen LogP contribution is -2.12.